The normalized spacial score (nSPS) is 22.3. The lowest BCUT2D eigenvalue weighted by Gasteiger charge is -2.39. The second-order valence-corrected chi connectivity index (χ2v) is 13.0. The lowest BCUT2D eigenvalue weighted by molar-refractivity contribution is -0.305. The van der Waals surface area contributed by atoms with E-state index in [1.54, 1.807) is 0 Å². The number of rotatable bonds is 31. The maximum absolute atomic E-state index is 12.7. The minimum atomic E-state index is -1.54. The molecule has 0 spiro atoms. The highest BCUT2D eigenvalue weighted by Crippen LogP contribution is 2.22. The summed E-state index contributed by atoms with van der Waals surface area (Å²) in [4.78, 5) is 12.7. The molecule has 1 fully saturated rings. The van der Waals surface area contributed by atoms with Crippen molar-refractivity contribution < 1.29 is 44.2 Å². The molecule has 280 valence electrons. The number of unbranched alkanes of at least 4 members (excludes halogenated alkanes) is 14. The first-order chi connectivity index (χ1) is 23.4. The second-order valence-electron chi connectivity index (χ2n) is 13.0. The van der Waals surface area contributed by atoms with Gasteiger partial charge in [0.2, 0.25) is 0 Å². The highest BCUT2D eigenvalue weighted by molar-refractivity contribution is 5.69. The first-order valence-corrected chi connectivity index (χ1v) is 19.1. The van der Waals surface area contributed by atoms with Crippen LogP contribution in [0.5, 0.6) is 0 Å². The van der Waals surface area contributed by atoms with Crippen molar-refractivity contribution in [1.29, 1.82) is 0 Å². The van der Waals surface area contributed by atoms with E-state index in [0.717, 1.165) is 70.6 Å². The van der Waals surface area contributed by atoms with Gasteiger partial charge >= 0.3 is 5.97 Å². The fourth-order valence-corrected chi connectivity index (χ4v) is 5.56. The Kier molecular flexibility index (Phi) is 29.1. The minimum Gasteiger partial charge on any atom is -0.457 e. The molecule has 9 nitrogen and oxygen atoms in total. The van der Waals surface area contributed by atoms with E-state index in [4.69, 9.17) is 18.9 Å². The zero-order valence-electron chi connectivity index (χ0n) is 30.2. The van der Waals surface area contributed by atoms with Gasteiger partial charge in [-0.15, -0.1) is 0 Å². The Morgan fingerprint density at radius 3 is 1.92 bits per heavy atom. The number of aliphatic hydroxyl groups is 4. The average molecular weight is 683 g/mol. The predicted octanol–water partition coefficient (Wildman–Crippen LogP) is 7.24. The SMILES string of the molecule is CC/C=C\C/C=C\C/C=C\CCCCCCOCC(COC1OC(CO)C(O)C(O)C1O)OC(=O)CCCCCCCCCCCCC. The van der Waals surface area contributed by atoms with Crippen molar-refractivity contribution in [3.05, 3.63) is 36.5 Å². The van der Waals surface area contributed by atoms with Crippen LogP contribution in [-0.4, -0.2) is 89.6 Å². The summed E-state index contributed by atoms with van der Waals surface area (Å²) in [5.41, 5.74) is 0. The van der Waals surface area contributed by atoms with Gasteiger partial charge in [-0.1, -0.05) is 127 Å². The fourth-order valence-electron chi connectivity index (χ4n) is 5.56. The van der Waals surface area contributed by atoms with Crippen molar-refractivity contribution in [2.24, 2.45) is 0 Å². The van der Waals surface area contributed by atoms with Gasteiger partial charge in [0.1, 0.15) is 30.5 Å². The summed E-state index contributed by atoms with van der Waals surface area (Å²) in [5, 5.41) is 39.9. The van der Waals surface area contributed by atoms with E-state index in [9.17, 15) is 25.2 Å². The molecule has 1 aliphatic rings. The lowest BCUT2D eigenvalue weighted by atomic mass is 9.99. The van der Waals surface area contributed by atoms with Gasteiger partial charge in [-0.3, -0.25) is 4.79 Å². The molecule has 9 heteroatoms. The van der Waals surface area contributed by atoms with Gasteiger partial charge in [0.15, 0.2) is 6.29 Å². The molecule has 0 saturated carbocycles. The minimum absolute atomic E-state index is 0.121. The zero-order chi connectivity index (χ0) is 35.1. The first-order valence-electron chi connectivity index (χ1n) is 19.1. The number of hydrogen-bond acceptors (Lipinski definition) is 9. The summed E-state index contributed by atoms with van der Waals surface area (Å²) >= 11 is 0. The monoisotopic (exact) mass is 683 g/mol. The lowest BCUT2D eigenvalue weighted by Crippen LogP contribution is -2.59. The summed E-state index contributed by atoms with van der Waals surface area (Å²) < 4.78 is 22.7. The molecule has 1 saturated heterocycles. The fraction of sp³-hybridized carbons (Fsp3) is 0.821. The Bertz CT molecular complexity index is 828. The molecule has 6 atom stereocenters. The highest BCUT2D eigenvalue weighted by Gasteiger charge is 2.44. The third-order valence-electron chi connectivity index (χ3n) is 8.57. The van der Waals surface area contributed by atoms with E-state index in [0.29, 0.717) is 13.0 Å². The van der Waals surface area contributed by atoms with Crippen LogP contribution in [-0.2, 0) is 23.7 Å². The summed E-state index contributed by atoms with van der Waals surface area (Å²) in [6, 6.07) is 0. The molecule has 1 rings (SSSR count). The van der Waals surface area contributed by atoms with Gasteiger partial charge in [-0.05, 0) is 44.9 Å². The Morgan fingerprint density at radius 1 is 0.688 bits per heavy atom. The number of aliphatic hydroxyl groups excluding tert-OH is 4. The summed E-state index contributed by atoms with van der Waals surface area (Å²) in [6.45, 7) is 4.37. The number of carbonyl (C=O) groups is 1. The van der Waals surface area contributed by atoms with Crippen molar-refractivity contribution in [1.82, 2.24) is 0 Å². The van der Waals surface area contributed by atoms with Crippen LogP contribution in [0, 0.1) is 0 Å². The third kappa shape index (κ3) is 22.9. The second kappa shape index (κ2) is 31.4. The van der Waals surface area contributed by atoms with E-state index < -0.39 is 43.4 Å². The Balaban J connectivity index is 2.35. The largest absolute Gasteiger partial charge is 0.457 e. The molecular formula is C39H70O9. The van der Waals surface area contributed by atoms with Crippen molar-refractivity contribution in [3.63, 3.8) is 0 Å². The number of allylic oxidation sites excluding steroid dienone is 6. The maximum atomic E-state index is 12.7. The smallest absolute Gasteiger partial charge is 0.306 e. The van der Waals surface area contributed by atoms with Crippen LogP contribution in [0.1, 0.15) is 142 Å². The van der Waals surface area contributed by atoms with Crippen molar-refractivity contribution in [2.75, 3.05) is 26.4 Å². The van der Waals surface area contributed by atoms with Gasteiger partial charge in [0, 0.05) is 13.0 Å². The Labute approximate surface area is 291 Å². The molecule has 48 heavy (non-hydrogen) atoms. The van der Waals surface area contributed by atoms with Crippen LogP contribution < -0.4 is 0 Å². The molecule has 0 aromatic rings. The molecule has 1 aliphatic heterocycles. The molecule has 4 N–H and O–H groups in total. The highest BCUT2D eigenvalue weighted by atomic mass is 16.7. The van der Waals surface area contributed by atoms with Crippen molar-refractivity contribution >= 4 is 5.97 Å². The summed E-state index contributed by atoms with van der Waals surface area (Å²) in [7, 11) is 0. The Morgan fingerprint density at radius 2 is 1.27 bits per heavy atom. The molecule has 0 aromatic carbocycles. The molecule has 0 amide bonds. The third-order valence-corrected chi connectivity index (χ3v) is 8.57. The molecule has 6 unspecified atom stereocenters. The summed E-state index contributed by atoms with van der Waals surface area (Å²) in [5.74, 6) is -0.325. The van der Waals surface area contributed by atoms with Crippen molar-refractivity contribution in [2.45, 2.75) is 179 Å². The average Bonchev–Trinajstić information content (AvgIpc) is 3.08. The van der Waals surface area contributed by atoms with Gasteiger partial charge < -0.3 is 39.4 Å². The maximum Gasteiger partial charge on any atom is 0.306 e. The number of ether oxygens (including phenoxy) is 4. The van der Waals surface area contributed by atoms with E-state index in [1.807, 2.05) is 0 Å². The molecule has 0 radical (unpaired) electrons. The first kappa shape index (κ1) is 44.4. The molecule has 1 heterocycles. The van der Waals surface area contributed by atoms with Crippen LogP contribution in [0.3, 0.4) is 0 Å². The number of esters is 1. The van der Waals surface area contributed by atoms with E-state index in [2.05, 4.69) is 50.3 Å². The molecule has 0 bridgehead atoms. The van der Waals surface area contributed by atoms with Gasteiger partial charge in [0.25, 0.3) is 0 Å². The van der Waals surface area contributed by atoms with Crippen LogP contribution in [0.25, 0.3) is 0 Å². The van der Waals surface area contributed by atoms with Crippen LogP contribution in [0.2, 0.25) is 0 Å². The Hall–Kier alpha value is -1.59. The topological polar surface area (TPSA) is 135 Å². The van der Waals surface area contributed by atoms with Crippen LogP contribution in [0.4, 0.5) is 0 Å². The summed E-state index contributed by atoms with van der Waals surface area (Å²) in [6.07, 6.45) is 27.4. The van der Waals surface area contributed by atoms with Crippen LogP contribution in [0.15, 0.2) is 36.5 Å². The molecule has 0 aliphatic carbocycles. The van der Waals surface area contributed by atoms with Crippen molar-refractivity contribution in [3.8, 4) is 0 Å². The van der Waals surface area contributed by atoms with E-state index in [-0.39, 0.29) is 19.2 Å². The standard InChI is InChI=1S/C39H70O9/c1-3-5-7-9-11-13-15-16-17-19-21-23-25-27-29-45-31-33(32-46-39-38(44)37(43)36(42)34(30-40)48-39)47-35(41)28-26-24-22-20-18-14-12-10-8-6-4-2/h5,7,11,13,16-17,33-34,36-40,42-44H,3-4,6,8-10,12,14-15,18-32H2,1-2H3/b7-5-,13-11-,17-16-. The van der Waals surface area contributed by atoms with E-state index in [1.165, 1.54) is 51.4 Å². The molecular weight excluding hydrogens is 612 g/mol. The van der Waals surface area contributed by atoms with Gasteiger partial charge in [0.05, 0.1) is 19.8 Å². The zero-order valence-corrected chi connectivity index (χ0v) is 30.2. The van der Waals surface area contributed by atoms with Gasteiger partial charge in [-0.2, -0.15) is 0 Å². The van der Waals surface area contributed by atoms with Crippen LogP contribution >= 0.6 is 0 Å². The van der Waals surface area contributed by atoms with E-state index >= 15 is 0 Å². The quantitative estimate of drug-likeness (QED) is 0.0339. The molecule has 0 aromatic heterocycles. The van der Waals surface area contributed by atoms with Gasteiger partial charge in [-0.25, -0.2) is 0 Å². The predicted molar refractivity (Wildman–Crippen MR) is 192 cm³/mol. The number of carbonyl (C=O) groups excluding carboxylic acids is 1. The number of hydrogen-bond donors (Lipinski definition) is 4.